The molecule has 0 unspecified atom stereocenters. The second-order valence-electron chi connectivity index (χ2n) is 7.92. The SMILES string of the molecule is C[C@@H]1C=CC[C@@H]2C(=O)N(N(CC(=O)c3ccc(Cl)cc3)C(=O)c3ccccc3Cl)C(=O)[C@H]12. The van der Waals surface area contributed by atoms with Crippen LogP contribution >= 0.6 is 23.2 Å². The largest absolute Gasteiger partial charge is 0.292 e. The van der Waals surface area contributed by atoms with Crippen LogP contribution in [0.15, 0.2) is 60.7 Å². The molecule has 6 nitrogen and oxygen atoms in total. The van der Waals surface area contributed by atoms with Crippen molar-refractivity contribution in [2.24, 2.45) is 17.8 Å². The third-order valence-corrected chi connectivity index (χ3v) is 6.47. The predicted molar refractivity (Wildman–Crippen MR) is 120 cm³/mol. The minimum Gasteiger partial charge on any atom is -0.292 e. The molecule has 4 rings (SSSR count). The van der Waals surface area contributed by atoms with Crippen molar-refractivity contribution in [2.75, 3.05) is 6.54 Å². The van der Waals surface area contributed by atoms with Gasteiger partial charge in [0.1, 0.15) is 6.54 Å². The fourth-order valence-electron chi connectivity index (χ4n) is 4.24. The summed E-state index contributed by atoms with van der Waals surface area (Å²) in [4.78, 5) is 53.0. The maximum atomic E-state index is 13.5. The predicted octanol–water partition coefficient (Wildman–Crippen LogP) is 4.43. The molecule has 0 radical (unpaired) electrons. The number of carbonyl (C=O) groups excluding carboxylic acids is 4. The zero-order valence-corrected chi connectivity index (χ0v) is 18.7. The minimum atomic E-state index is -0.695. The highest BCUT2D eigenvalue weighted by molar-refractivity contribution is 6.34. The highest BCUT2D eigenvalue weighted by Gasteiger charge is 2.53. The number of hydrogen-bond donors (Lipinski definition) is 0. The fourth-order valence-corrected chi connectivity index (χ4v) is 4.58. The molecule has 0 bridgehead atoms. The van der Waals surface area contributed by atoms with Crippen molar-refractivity contribution in [3.8, 4) is 0 Å². The van der Waals surface area contributed by atoms with Crippen LogP contribution in [-0.4, -0.2) is 40.1 Å². The van der Waals surface area contributed by atoms with E-state index in [0.717, 1.165) is 10.0 Å². The molecule has 1 aliphatic heterocycles. The summed E-state index contributed by atoms with van der Waals surface area (Å²) in [5, 5.41) is 2.39. The number of halogens is 2. The van der Waals surface area contributed by atoms with Gasteiger partial charge in [0.15, 0.2) is 5.78 Å². The Bertz CT molecular complexity index is 1130. The van der Waals surface area contributed by atoms with Crippen LogP contribution in [0.3, 0.4) is 0 Å². The van der Waals surface area contributed by atoms with Crippen LogP contribution in [0.25, 0.3) is 0 Å². The second kappa shape index (κ2) is 8.88. The fraction of sp³-hybridized carbons (Fsp3) is 0.250. The second-order valence-corrected chi connectivity index (χ2v) is 8.76. The molecule has 1 fully saturated rings. The number of amides is 3. The van der Waals surface area contributed by atoms with Crippen LogP contribution in [0.4, 0.5) is 0 Å². The molecule has 8 heteroatoms. The molecule has 0 N–H and O–H groups in total. The Balaban J connectivity index is 1.72. The lowest BCUT2D eigenvalue weighted by Crippen LogP contribution is -2.52. The first-order valence-corrected chi connectivity index (χ1v) is 10.9. The number of benzene rings is 2. The van der Waals surface area contributed by atoms with Crippen molar-refractivity contribution in [3.63, 3.8) is 0 Å². The molecule has 2 aliphatic rings. The van der Waals surface area contributed by atoms with Crippen molar-refractivity contribution in [1.29, 1.82) is 0 Å². The summed E-state index contributed by atoms with van der Waals surface area (Å²) < 4.78 is 0. The van der Waals surface area contributed by atoms with Crippen LogP contribution in [-0.2, 0) is 9.59 Å². The Hall–Kier alpha value is -2.96. The van der Waals surface area contributed by atoms with E-state index in [4.69, 9.17) is 23.2 Å². The summed E-state index contributed by atoms with van der Waals surface area (Å²) in [7, 11) is 0. The summed E-state index contributed by atoms with van der Waals surface area (Å²) in [6, 6.07) is 12.5. The van der Waals surface area contributed by atoms with E-state index < -0.39 is 41.9 Å². The first-order valence-electron chi connectivity index (χ1n) is 10.2. The monoisotopic (exact) mass is 470 g/mol. The Labute approximate surface area is 195 Å². The summed E-state index contributed by atoms with van der Waals surface area (Å²) in [5.74, 6) is -3.39. The maximum absolute atomic E-state index is 13.5. The number of imide groups is 1. The first kappa shape index (κ1) is 22.2. The molecule has 2 aromatic carbocycles. The van der Waals surface area contributed by atoms with Gasteiger partial charge in [-0.2, -0.15) is 5.01 Å². The zero-order valence-electron chi connectivity index (χ0n) is 17.2. The van der Waals surface area contributed by atoms with E-state index in [0.29, 0.717) is 17.0 Å². The van der Waals surface area contributed by atoms with Crippen LogP contribution in [0.2, 0.25) is 10.0 Å². The van der Waals surface area contributed by atoms with Gasteiger partial charge in [-0.25, -0.2) is 5.01 Å². The molecule has 0 saturated carbocycles. The lowest BCUT2D eigenvalue weighted by atomic mass is 9.78. The van der Waals surface area contributed by atoms with Crippen LogP contribution < -0.4 is 0 Å². The van der Waals surface area contributed by atoms with Gasteiger partial charge in [-0.1, -0.05) is 54.4 Å². The van der Waals surface area contributed by atoms with Crippen LogP contribution in [0, 0.1) is 17.8 Å². The molecule has 1 saturated heterocycles. The van der Waals surface area contributed by atoms with Gasteiger partial charge >= 0.3 is 0 Å². The minimum absolute atomic E-state index is 0.0970. The highest BCUT2D eigenvalue weighted by Crippen LogP contribution is 2.39. The van der Waals surface area contributed by atoms with E-state index in [-0.39, 0.29) is 16.5 Å². The third-order valence-electron chi connectivity index (χ3n) is 5.89. The van der Waals surface area contributed by atoms with Gasteiger partial charge < -0.3 is 0 Å². The van der Waals surface area contributed by atoms with Crippen molar-refractivity contribution in [2.45, 2.75) is 13.3 Å². The molecule has 0 aromatic heterocycles. The van der Waals surface area contributed by atoms with E-state index in [2.05, 4.69) is 0 Å². The number of allylic oxidation sites excluding steroid dienone is 2. The number of hydrazine groups is 1. The molecule has 1 heterocycles. The summed E-state index contributed by atoms with van der Waals surface area (Å²) in [5.41, 5.74) is 0.401. The molecular weight excluding hydrogens is 451 g/mol. The van der Waals surface area contributed by atoms with Crippen molar-refractivity contribution >= 4 is 46.7 Å². The van der Waals surface area contributed by atoms with E-state index in [9.17, 15) is 19.2 Å². The van der Waals surface area contributed by atoms with Crippen molar-refractivity contribution in [3.05, 3.63) is 81.9 Å². The molecule has 1 aliphatic carbocycles. The smallest absolute Gasteiger partial charge is 0.274 e. The standard InChI is InChI=1S/C24H20Cl2N2O4/c1-14-5-4-7-18-21(14)24(32)28(23(18)31)27(22(30)17-6-2-3-8-19(17)26)13-20(29)15-9-11-16(25)12-10-15/h2-6,8-12,14,18,21H,7,13H2,1H3/t14-,18+,21-/m1/s1. The average Bonchev–Trinajstić information content (AvgIpc) is 3.03. The summed E-state index contributed by atoms with van der Waals surface area (Å²) in [6.45, 7) is 1.37. The number of Topliss-reactive ketones (excluding diaryl/α,β-unsaturated/α-hetero) is 1. The van der Waals surface area contributed by atoms with E-state index >= 15 is 0 Å². The molecule has 0 spiro atoms. The molecule has 32 heavy (non-hydrogen) atoms. The Morgan fingerprint density at radius 3 is 2.38 bits per heavy atom. The maximum Gasteiger partial charge on any atom is 0.274 e. The average molecular weight is 471 g/mol. The Morgan fingerprint density at radius 2 is 1.72 bits per heavy atom. The van der Waals surface area contributed by atoms with Gasteiger partial charge in [-0.05, 0) is 48.7 Å². The molecule has 3 atom stereocenters. The number of rotatable bonds is 5. The summed E-state index contributed by atoms with van der Waals surface area (Å²) >= 11 is 12.1. The van der Waals surface area contributed by atoms with Gasteiger partial charge in [0, 0.05) is 10.6 Å². The molecule has 3 amide bonds. The van der Waals surface area contributed by atoms with Gasteiger partial charge in [-0.3, -0.25) is 19.2 Å². The highest BCUT2D eigenvalue weighted by atomic mass is 35.5. The van der Waals surface area contributed by atoms with Crippen LogP contribution in [0.1, 0.15) is 34.1 Å². The van der Waals surface area contributed by atoms with Gasteiger partial charge in [-0.15, -0.1) is 0 Å². The van der Waals surface area contributed by atoms with Gasteiger partial charge in [0.25, 0.3) is 17.7 Å². The lowest BCUT2D eigenvalue weighted by molar-refractivity contribution is -0.154. The van der Waals surface area contributed by atoms with Gasteiger partial charge in [0.05, 0.1) is 22.4 Å². The van der Waals surface area contributed by atoms with E-state index in [1.807, 2.05) is 19.1 Å². The molecule has 164 valence electrons. The quantitative estimate of drug-likeness (QED) is 0.368. The normalized spacial score (nSPS) is 22.1. The number of nitrogens with zero attached hydrogens (tertiary/aromatic N) is 2. The number of fused-ring (bicyclic) bond motifs is 1. The van der Waals surface area contributed by atoms with Gasteiger partial charge in [0.2, 0.25) is 0 Å². The van der Waals surface area contributed by atoms with Crippen LogP contribution in [0.5, 0.6) is 0 Å². The number of carbonyl (C=O) groups is 4. The van der Waals surface area contributed by atoms with E-state index in [1.165, 1.54) is 24.3 Å². The lowest BCUT2D eigenvalue weighted by Gasteiger charge is -2.30. The summed E-state index contributed by atoms with van der Waals surface area (Å²) in [6.07, 6.45) is 4.18. The van der Waals surface area contributed by atoms with Crippen molar-refractivity contribution < 1.29 is 19.2 Å². The molecule has 2 aromatic rings. The first-order chi connectivity index (χ1) is 15.3. The third kappa shape index (κ3) is 3.96. The topological polar surface area (TPSA) is 74.8 Å². The zero-order chi connectivity index (χ0) is 23.0. The Morgan fingerprint density at radius 1 is 1.03 bits per heavy atom. The van der Waals surface area contributed by atoms with E-state index in [1.54, 1.807) is 24.3 Å². The Kier molecular flexibility index (Phi) is 6.17. The number of ketones is 1. The number of hydrogen-bond acceptors (Lipinski definition) is 4. The van der Waals surface area contributed by atoms with Crippen molar-refractivity contribution in [1.82, 2.24) is 10.0 Å². The molecular formula is C24H20Cl2N2O4.